The van der Waals surface area contributed by atoms with E-state index in [0.29, 0.717) is 31.3 Å². The molecule has 0 atom stereocenters. The minimum atomic E-state index is -3.58. The van der Waals surface area contributed by atoms with E-state index in [0.717, 1.165) is 16.8 Å². The monoisotopic (exact) mass is 469 g/mol. The van der Waals surface area contributed by atoms with Gasteiger partial charge in [-0.1, -0.05) is 60.3 Å². The van der Waals surface area contributed by atoms with Crippen LogP contribution in [0.4, 0.5) is 5.69 Å². The van der Waals surface area contributed by atoms with E-state index in [9.17, 15) is 13.2 Å². The van der Waals surface area contributed by atoms with Crippen molar-refractivity contribution >= 4 is 33.4 Å². The van der Waals surface area contributed by atoms with Gasteiger partial charge in [0.05, 0.1) is 24.0 Å². The third-order valence-corrected chi connectivity index (χ3v) is 7.78. The predicted molar refractivity (Wildman–Crippen MR) is 125 cm³/mol. The van der Waals surface area contributed by atoms with E-state index < -0.39 is 10.0 Å². The van der Waals surface area contributed by atoms with Crippen LogP contribution < -0.4 is 5.32 Å². The first kappa shape index (κ1) is 22.5. The zero-order chi connectivity index (χ0) is 22.4. The van der Waals surface area contributed by atoms with Crippen LogP contribution in [0.25, 0.3) is 11.1 Å². The van der Waals surface area contributed by atoms with Crippen molar-refractivity contribution in [1.82, 2.24) is 9.29 Å². The van der Waals surface area contributed by atoms with E-state index in [1.165, 1.54) is 28.3 Å². The number of carbonyl (C=O) groups is 1. The number of amides is 1. The van der Waals surface area contributed by atoms with Gasteiger partial charge in [-0.05, 0) is 23.8 Å². The molecule has 0 unspecified atom stereocenters. The maximum atomic E-state index is 12.7. The molecular formula is C23H23N3O4S2. The van der Waals surface area contributed by atoms with Gasteiger partial charge in [0.15, 0.2) is 0 Å². The number of anilines is 1. The van der Waals surface area contributed by atoms with Gasteiger partial charge in [0.25, 0.3) is 0 Å². The number of rotatable bonds is 7. The Labute approximate surface area is 191 Å². The fraction of sp³-hybridized carbons (Fsp3) is 0.217. The topological polar surface area (TPSA) is 88.6 Å². The van der Waals surface area contributed by atoms with E-state index in [1.54, 1.807) is 6.07 Å². The Hall–Kier alpha value is -2.72. The van der Waals surface area contributed by atoms with Crippen molar-refractivity contribution in [3.05, 3.63) is 72.9 Å². The van der Waals surface area contributed by atoms with Crippen LogP contribution in [0.5, 0.6) is 0 Å². The SMILES string of the molecule is O=C(CSc1ccc(S(=O)(=O)N2CCOCC2)cn1)Nc1ccccc1-c1ccccc1. The molecule has 1 N–H and O–H groups in total. The quantitative estimate of drug-likeness (QED) is 0.533. The van der Waals surface area contributed by atoms with Gasteiger partial charge >= 0.3 is 0 Å². The molecule has 1 aliphatic heterocycles. The molecule has 1 amide bonds. The van der Waals surface area contributed by atoms with Gasteiger partial charge < -0.3 is 10.1 Å². The molecule has 0 bridgehead atoms. The number of sulfonamides is 1. The van der Waals surface area contributed by atoms with Gasteiger partial charge in [-0.25, -0.2) is 13.4 Å². The molecule has 2 heterocycles. The van der Waals surface area contributed by atoms with Crippen LogP contribution in [0.1, 0.15) is 0 Å². The number of hydrogen-bond acceptors (Lipinski definition) is 6. The lowest BCUT2D eigenvalue weighted by molar-refractivity contribution is -0.113. The number of morpholine rings is 1. The van der Waals surface area contributed by atoms with Crippen molar-refractivity contribution < 1.29 is 17.9 Å². The Morgan fingerprint density at radius 1 is 1.00 bits per heavy atom. The Morgan fingerprint density at radius 2 is 1.72 bits per heavy atom. The maximum Gasteiger partial charge on any atom is 0.244 e. The van der Waals surface area contributed by atoms with Gasteiger partial charge in [0.2, 0.25) is 15.9 Å². The summed E-state index contributed by atoms with van der Waals surface area (Å²) in [6.45, 7) is 1.46. The number of ether oxygens (including phenoxy) is 1. The summed E-state index contributed by atoms with van der Waals surface area (Å²) in [5.41, 5.74) is 2.71. The first-order chi connectivity index (χ1) is 15.5. The lowest BCUT2D eigenvalue weighted by Gasteiger charge is -2.25. The Balaban J connectivity index is 1.37. The number of thioether (sulfide) groups is 1. The van der Waals surface area contributed by atoms with Crippen LogP contribution in [0.15, 0.2) is 82.8 Å². The van der Waals surface area contributed by atoms with Gasteiger partial charge in [0, 0.05) is 30.5 Å². The summed E-state index contributed by atoms with van der Waals surface area (Å²) in [5, 5.41) is 3.54. The second-order valence-electron chi connectivity index (χ2n) is 7.10. The zero-order valence-corrected chi connectivity index (χ0v) is 18.9. The van der Waals surface area contributed by atoms with Crippen molar-refractivity contribution in [3.63, 3.8) is 0 Å². The van der Waals surface area contributed by atoms with E-state index in [4.69, 9.17) is 4.74 Å². The predicted octanol–water partition coefficient (Wildman–Crippen LogP) is 3.50. The zero-order valence-electron chi connectivity index (χ0n) is 17.3. The summed E-state index contributed by atoms with van der Waals surface area (Å²) in [6, 6.07) is 20.7. The molecule has 1 fully saturated rings. The van der Waals surface area contributed by atoms with Crippen molar-refractivity contribution in [2.75, 3.05) is 37.4 Å². The smallest absolute Gasteiger partial charge is 0.244 e. The molecule has 2 aromatic carbocycles. The standard InChI is InChI=1S/C23H23N3O4S2/c27-22(25-21-9-5-4-8-20(21)18-6-2-1-3-7-18)17-31-23-11-10-19(16-24-23)32(28,29)26-12-14-30-15-13-26/h1-11,16H,12-15,17H2,(H,25,27). The number of nitrogens with one attached hydrogen (secondary N) is 1. The first-order valence-corrected chi connectivity index (χ1v) is 12.6. The van der Waals surface area contributed by atoms with Crippen LogP contribution in [-0.2, 0) is 19.6 Å². The molecule has 166 valence electrons. The van der Waals surface area contributed by atoms with Gasteiger partial charge in [0.1, 0.15) is 4.90 Å². The average Bonchev–Trinajstić information content (AvgIpc) is 2.84. The molecule has 32 heavy (non-hydrogen) atoms. The summed E-state index contributed by atoms with van der Waals surface area (Å²) in [5.74, 6) is -0.00344. The van der Waals surface area contributed by atoms with Crippen molar-refractivity contribution in [2.24, 2.45) is 0 Å². The summed E-state index contributed by atoms with van der Waals surface area (Å²) in [7, 11) is -3.58. The minimum absolute atomic E-state index is 0.144. The molecule has 1 saturated heterocycles. The summed E-state index contributed by atoms with van der Waals surface area (Å²) >= 11 is 1.25. The van der Waals surface area contributed by atoms with Crippen LogP contribution in [0, 0.1) is 0 Å². The highest BCUT2D eigenvalue weighted by molar-refractivity contribution is 7.99. The number of nitrogens with zero attached hydrogens (tertiary/aromatic N) is 2. The van der Waals surface area contributed by atoms with Crippen molar-refractivity contribution in [2.45, 2.75) is 9.92 Å². The molecule has 0 radical (unpaired) electrons. The second kappa shape index (κ2) is 10.3. The molecule has 4 rings (SSSR count). The number of pyridine rings is 1. The van der Waals surface area contributed by atoms with E-state index in [1.807, 2.05) is 54.6 Å². The van der Waals surface area contributed by atoms with Gasteiger partial charge in [-0.2, -0.15) is 4.31 Å². The fourth-order valence-corrected chi connectivity index (χ4v) is 5.32. The molecule has 1 aliphatic rings. The summed E-state index contributed by atoms with van der Waals surface area (Å²) < 4.78 is 32.0. The minimum Gasteiger partial charge on any atom is -0.379 e. The highest BCUT2D eigenvalue weighted by Gasteiger charge is 2.26. The number of carbonyl (C=O) groups excluding carboxylic acids is 1. The molecule has 0 aliphatic carbocycles. The largest absolute Gasteiger partial charge is 0.379 e. The molecule has 7 nitrogen and oxygen atoms in total. The van der Waals surface area contributed by atoms with Crippen LogP contribution in [0.2, 0.25) is 0 Å². The third-order valence-electron chi connectivity index (χ3n) is 4.95. The lowest BCUT2D eigenvalue weighted by atomic mass is 10.0. The van der Waals surface area contributed by atoms with Crippen molar-refractivity contribution in [1.29, 1.82) is 0 Å². The number of hydrogen-bond donors (Lipinski definition) is 1. The number of aromatic nitrogens is 1. The highest BCUT2D eigenvalue weighted by atomic mass is 32.2. The second-order valence-corrected chi connectivity index (χ2v) is 10.0. The van der Waals surface area contributed by atoms with E-state index >= 15 is 0 Å². The summed E-state index contributed by atoms with van der Waals surface area (Å²) in [6.07, 6.45) is 1.34. The molecular weight excluding hydrogens is 446 g/mol. The van der Waals surface area contributed by atoms with Gasteiger partial charge in [-0.15, -0.1) is 0 Å². The fourth-order valence-electron chi connectivity index (χ4n) is 3.33. The number of benzene rings is 2. The van der Waals surface area contributed by atoms with Crippen LogP contribution in [-0.4, -0.2) is 55.7 Å². The molecule has 0 saturated carbocycles. The van der Waals surface area contributed by atoms with E-state index in [2.05, 4.69) is 10.3 Å². The molecule has 0 spiro atoms. The van der Waals surface area contributed by atoms with Gasteiger partial charge in [-0.3, -0.25) is 4.79 Å². The Morgan fingerprint density at radius 3 is 2.44 bits per heavy atom. The Bertz CT molecular complexity index is 1160. The molecule has 9 heteroatoms. The molecule has 1 aromatic heterocycles. The highest BCUT2D eigenvalue weighted by Crippen LogP contribution is 2.28. The first-order valence-electron chi connectivity index (χ1n) is 10.1. The van der Waals surface area contributed by atoms with Crippen LogP contribution >= 0.6 is 11.8 Å². The van der Waals surface area contributed by atoms with Crippen LogP contribution in [0.3, 0.4) is 0 Å². The average molecular weight is 470 g/mol. The normalized spacial score (nSPS) is 14.8. The number of para-hydroxylation sites is 1. The maximum absolute atomic E-state index is 12.7. The van der Waals surface area contributed by atoms with Crippen molar-refractivity contribution in [3.8, 4) is 11.1 Å². The lowest BCUT2D eigenvalue weighted by Crippen LogP contribution is -2.40. The third kappa shape index (κ3) is 5.36. The molecule has 3 aromatic rings. The van der Waals surface area contributed by atoms with E-state index in [-0.39, 0.29) is 16.6 Å². The Kier molecular flexibility index (Phi) is 7.21. The summed E-state index contributed by atoms with van der Waals surface area (Å²) in [4.78, 5) is 16.9.